The van der Waals surface area contributed by atoms with Crippen molar-refractivity contribution < 1.29 is 32.6 Å². The van der Waals surface area contributed by atoms with Crippen LogP contribution in [0.3, 0.4) is 0 Å². The monoisotopic (exact) mass is 399 g/mol. The lowest BCUT2D eigenvalue weighted by molar-refractivity contribution is -0.138. The molecule has 2 aromatic rings. The van der Waals surface area contributed by atoms with Gasteiger partial charge in [0.15, 0.2) is 0 Å². The molecule has 3 rings (SSSR count). The van der Waals surface area contributed by atoms with Crippen LogP contribution in [0.5, 0.6) is 11.5 Å². The Kier molecular flexibility index (Phi) is 4.77. The van der Waals surface area contributed by atoms with E-state index in [2.05, 4.69) is 0 Å². The third kappa shape index (κ3) is 3.71. The number of hydrogen-bond acceptors (Lipinski definition) is 3. The van der Waals surface area contributed by atoms with Gasteiger partial charge in [0.25, 0.3) is 5.91 Å². The maximum atomic E-state index is 12.7. The normalized spacial score (nSPS) is 16.4. The van der Waals surface area contributed by atoms with E-state index in [1.165, 1.54) is 24.1 Å². The Labute approximate surface area is 156 Å². The molecule has 0 saturated carbocycles. The van der Waals surface area contributed by atoms with Crippen molar-refractivity contribution in [3.05, 3.63) is 58.1 Å². The molecule has 1 unspecified atom stereocenters. The molecule has 0 aliphatic carbocycles. The average molecular weight is 400 g/mol. The molecule has 5 nitrogen and oxygen atoms in total. The van der Waals surface area contributed by atoms with Gasteiger partial charge in [-0.1, -0.05) is 17.7 Å². The number of nitrogens with zero attached hydrogens (tertiary/aromatic N) is 1. The minimum Gasteiger partial charge on any atom is -0.481 e. The maximum Gasteiger partial charge on any atom is 0.416 e. The number of ether oxygens (including phenoxy) is 1. The number of alkyl halides is 3. The Morgan fingerprint density at radius 2 is 1.96 bits per heavy atom. The van der Waals surface area contributed by atoms with E-state index in [1.807, 2.05) is 0 Å². The number of carbonyl (C=O) groups excluding carboxylic acids is 1. The van der Waals surface area contributed by atoms with Gasteiger partial charge in [-0.15, -0.1) is 0 Å². The van der Waals surface area contributed by atoms with E-state index in [0.717, 1.165) is 18.2 Å². The van der Waals surface area contributed by atoms with Crippen molar-refractivity contribution in [2.24, 2.45) is 0 Å². The molecule has 142 valence electrons. The molecule has 1 amide bonds. The van der Waals surface area contributed by atoms with Gasteiger partial charge in [-0.25, -0.2) is 0 Å². The van der Waals surface area contributed by atoms with Gasteiger partial charge < -0.3 is 14.7 Å². The molecule has 2 aromatic carbocycles. The van der Waals surface area contributed by atoms with Crippen molar-refractivity contribution in [1.29, 1.82) is 0 Å². The van der Waals surface area contributed by atoms with Crippen molar-refractivity contribution in [2.45, 2.75) is 18.6 Å². The minimum atomic E-state index is -4.52. The van der Waals surface area contributed by atoms with Crippen LogP contribution in [0.1, 0.15) is 33.9 Å². The number of carboxylic acids is 1. The molecular formula is C18H13ClF3NO4. The van der Waals surface area contributed by atoms with Gasteiger partial charge in [-0.05, 0) is 35.9 Å². The predicted molar refractivity (Wildman–Crippen MR) is 90.1 cm³/mol. The molecule has 0 aromatic heterocycles. The predicted octanol–water partition coefficient (Wildman–Crippen LogP) is 4.75. The number of benzene rings is 2. The average Bonchev–Trinajstić information content (AvgIpc) is 2.80. The molecule has 1 aliphatic rings. The summed E-state index contributed by atoms with van der Waals surface area (Å²) >= 11 is 5.87. The minimum absolute atomic E-state index is 0.00510. The summed E-state index contributed by atoms with van der Waals surface area (Å²) in [6.45, 7) is 0. The SMILES string of the molecule is CN1C(=O)c2cc(Oc3ccc(C(F)(F)F)cc3Cl)ccc2C1CC(=O)O. The van der Waals surface area contributed by atoms with Gasteiger partial charge in [0.2, 0.25) is 0 Å². The first kappa shape index (κ1) is 19.0. The van der Waals surface area contributed by atoms with E-state index in [4.69, 9.17) is 21.4 Å². The third-order valence-corrected chi connectivity index (χ3v) is 4.55. The molecule has 0 spiro atoms. The van der Waals surface area contributed by atoms with Crippen LogP contribution in [-0.4, -0.2) is 28.9 Å². The van der Waals surface area contributed by atoms with Gasteiger partial charge >= 0.3 is 12.1 Å². The first-order valence-corrected chi connectivity index (χ1v) is 8.13. The number of carbonyl (C=O) groups is 2. The van der Waals surface area contributed by atoms with Crippen LogP contribution >= 0.6 is 11.6 Å². The summed E-state index contributed by atoms with van der Waals surface area (Å²) in [7, 11) is 1.50. The molecule has 1 atom stereocenters. The Bertz CT molecular complexity index is 929. The van der Waals surface area contributed by atoms with Gasteiger partial charge in [-0.3, -0.25) is 9.59 Å². The second kappa shape index (κ2) is 6.77. The lowest BCUT2D eigenvalue weighted by Gasteiger charge is -2.18. The Morgan fingerprint density at radius 3 is 2.56 bits per heavy atom. The molecule has 0 bridgehead atoms. The topological polar surface area (TPSA) is 66.8 Å². The third-order valence-electron chi connectivity index (χ3n) is 4.26. The van der Waals surface area contributed by atoms with Crippen LogP contribution in [0.4, 0.5) is 13.2 Å². The summed E-state index contributed by atoms with van der Waals surface area (Å²) in [6.07, 6.45) is -4.76. The van der Waals surface area contributed by atoms with Gasteiger partial charge in [0.05, 0.1) is 23.0 Å². The number of hydrogen-bond donors (Lipinski definition) is 1. The van der Waals surface area contributed by atoms with Crippen LogP contribution in [0.25, 0.3) is 0 Å². The maximum absolute atomic E-state index is 12.7. The smallest absolute Gasteiger partial charge is 0.416 e. The summed E-state index contributed by atoms with van der Waals surface area (Å²) in [5, 5.41) is 8.78. The van der Waals surface area contributed by atoms with E-state index in [-0.39, 0.29) is 34.4 Å². The lowest BCUT2D eigenvalue weighted by atomic mass is 10.0. The van der Waals surface area contributed by atoms with Crippen LogP contribution in [0, 0.1) is 0 Å². The fourth-order valence-corrected chi connectivity index (χ4v) is 3.13. The molecule has 1 N–H and O–H groups in total. The second-order valence-electron chi connectivity index (χ2n) is 6.02. The second-order valence-corrected chi connectivity index (χ2v) is 6.43. The number of halogens is 4. The Balaban J connectivity index is 1.89. The van der Waals surface area contributed by atoms with E-state index >= 15 is 0 Å². The van der Waals surface area contributed by atoms with Crippen molar-refractivity contribution in [2.75, 3.05) is 7.05 Å². The largest absolute Gasteiger partial charge is 0.481 e. The van der Waals surface area contributed by atoms with Crippen molar-refractivity contribution in [3.63, 3.8) is 0 Å². The fraction of sp³-hybridized carbons (Fsp3) is 0.222. The zero-order chi connectivity index (χ0) is 19.9. The van der Waals surface area contributed by atoms with Crippen LogP contribution in [0.15, 0.2) is 36.4 Å². The quantitative estimate of drug-likeness (QED) is 0.805. The molecule has 27 heavy (non-hydrogen) atoms. The van der Waals surface area contributed by atoms with E-state index in [9.17, 15) is 22.8 Å². The first-order valence-electron chi connectivity index (χ1n) is 7.75. The van der Waals surface area contributed by atoms with Crippen LogP contribution in [-0.2, 0) is 11.0 Å². The zero-order valence-electron chi connectivity index (χ0n) is 13.9. The molecule has 1 aliphatic heterocycles. The molecule has 1 heterocycles. The number of rotatable bonds is 4. The Hall–Kier alpha value is -2.74. The Morgan fingerprint density at radius 1 is 1.26 bits per heavy atom. The molecule has 9 heteroatoms. The van der Waals surface area contributed by atoms with E-state index in [0.29, 0.717) is 5.56 Å². The number of aliphatic carboxylic acids is 1. The lowest BCUT2D eigenvalue weighted by Crippen LogP contribution is -2.24. The van der Waals surface area contributed by atoms with Crippen LogP contribution in [0.2, 0.25) is 5.02 Å². The highest BCUT2D eigenvalue weighted by atomic mass is 35.5. The van der Waals surface area contributed by atoms with E-state index in [1.54, 1.807) is 6.07 Å². The number of fused-ring (bicyclic) bond motifs is 1. The summed E-state index contributed by atoms with van der Waals surface area (Å²) in [4.78, 5) is 24.7. The summed E-state index contributed by atoms with van der Waals surface area (Å²) in [6, 6.07) is 6.60. The first-order chi connectivity index (χ1) is 12.6. The van der Waals surface area contributed by atoms with Crippen molar-refractivity contribution in [3.8, 4) is 11.5 Å². The van der Waals surface area contributed by atoms with Gasteiger partial charge in [0.1, 0.15) is 11.5 Å². The highest BCUT2D eigenvalue weighted by Crippen LogP contribution is 2.39. The van der Waals surface area contributed by atoms with Crippen molar-refractivity contribution >= 4 is 23.5 Å². The number of carboxylic acid groups (broad SMARTS) is 1. The van der Waals surface area contributed by atoms with Gasteiger partial charge in [0, 0.05) is 12.6 Å². The summed E-state index contributed by atoms with van der Waals surface area (Å²) in [5.74, 6) is -1.19. The standard InChI is InChI=1S/C18H13ClF3NO4/c1-23-14(8-16(24)25)11-4-3-10(7-12(11)17(23)26)27-15-5-2-9(6-13(15)19)18(20,21)22/h2-7,14H,8H2,1H3,(H,24,25). The zero-order valence-corrected chi connectivity index (χ0v) is 14.6. The summed E-state index contributed by atoms with van der Waals surface area (Å²) in [5.41, 5.74) is -0.0674. The number of amides is 1. The molecule has 0 fully saturated rings. The molecule has 0 saturated heterocycles. The molecular weight excluding hydrogens is 387 g/mol. The van der Waals surface area contributed by atoms with Crippen molar-refractivity contribution in [1.82, 2.24) is 4.90 Å². The van der Waals surface area contributed by atoms with E-state index < -0.39 is 23.8 Å². The van der Waals surface area contributed by atoms with Crippen LogP contribution < -0.4 is 4.74 Å². The highest BCUT2D eigenvalue weighted by Gasteiger charge is 2.36. The van der Waals surface area contributed by atoms with Gasteiger partial charge in [-0.2, -0.15) is 13.2 Å². The highest BCUT2D eigenvalue weighted by molar-refractivity contribution is 6.32. The summed E-state index contributed by atoms with van der Waals surface area (Å²) < 4.78 is 43.6. The molecule has 0 radical (unpaired) electrons. The fourth-order valence-electron chi connectivity index (χ4n) is 2.91.